The maximum Gasteiger partial charge on any atom is 0.229 e. The zero-order chi connectivity index (χ0) is 44.8. The van der Waals surface area contributed by atoms with Crippen molar-refractivity contribution in [1.82, 2.24) is 20.2 Å². The number of unbranched alkanes of at least 4 members (excludes halogenated alkanes) is 2. The number of ether oxygens (including phenoxy) is 2. The van der Waals surface area contributed by atoms with Crippen molar-refractivity contribution >= 4 is 40.7 Å². The lowest BCUT2D eigenvalue weighted by Crippen LogP contribution is -2.54. The largest absolute Gasteiger partial charge is 0.494 e. The zero-order valence-corrected chi connectivity index (χ0v) is 37.0. The van der Waals surface area contributed by atoms with Crippen molar-refractivity contribution in [3.8, 4) is 5.75 Å². The molecule has 14 heteroatoms. The van der Waals surface area contributed by atoms with Crippen molar-refractivity contribution in [2.75, 3.05) is 49.5 Å². The van der Waals surface area contributed by atoms with Crippen LogP contribution >= 0.6 is 0 Å². The van der Waals surface area contributed by atoms with Crippen molar-refractivity contribution in [2.24, 2.45) is 11.8 Å². The van der Waals surface area contributed by atoms with Gasteiger partial charge >= 0.3 is 0 Å². The van der Waals surface area contributed by atoms with E-state index >= 15 is 4.39 Å². The van der Waals surface area contributed by atoms with Crippen molar-refractivity contribution in [3.63, 3.8) is 0 Å². The van der Waals surface area contributed by atoms with Gasteiger partial charge in [-0.25, -0.2) is 13.8 Å². The number of halogens is 2. The first-order chi connectivity index (χ1) is 29.7. The first-order valence-electron chi connectivity index (χ1n) is 21.9. The number of rotatable bonds is 18. The van der Waals surface area contributed by atoms with Gasteiger partial charge in [-0.1, -0.05) is 39.8 Å². The summed E-state index contributed by atoms with van der Waals surface area (Å²) in [6.07, 6.45) is 13.1. The van der Waals surface area contributed by atoms with Crippen LogP contribution in [0.25, 0.3) is 5.83 Å². The van der Waals surface area contributed by atoms with E-state index in [9.17, 15) is 23.6 Å². The van der Waals surface area contributed by atoms with Gasteiger partial charge in [-0.2, -0.15) is 0 Å². The molecule has 1 unspecified atom stereocenters. The molecule has 12 nitrogen and oxygen atoms in total. The molecule has 3 aromatic rings. The molecule has 2 N–H and O–H groups in total. The van der Waals surface area contributed by atoms with Gasteiger partial charge < -0.3 is 24.6 Å². The van der Waals surface area contributed by atoms with Gasteiger partial charge in [0.1, 0.15) is 17.3 Å². The third-order valence-corrected chi connectivity index (χ3v) is 11.2. The molecule has 1 aromatic carbocycles. The standard InChI is InChI=1S/C42H53F2N5O4.C6H9NO2/c1-6-11-31(22-37(43)41-29(4)12-10-17-45-41)47-39-24-40(46-25-38(39)44)49-26-34(27-49)53-32-15-19-48(20-16-32)18-8-7-9-21-52-33-13-14-35(42(51)28(2)3)36(23-33)30(5)50;1-4-2-3-5(8)7-6(4)9/h10-14,17,22-25,28,32,34H,6-9,15-16,18-21,26-27H2,1-5H3,(H,46,47);4H,2-3H2,1H3,(H,7,8,9)/b31-11-,37-22+;. The van der Waals surface area contributed by atoms with Crippen LogP contribution in [0.3, 0.4) is 0 Å². The van der Waals surface area contributed by atoms with Gasteiger partial charge in [0.15, 0.2) is 23.2 Å². The second kappa shape index (κ2) is 23.2. The smallest absolute Gasteiger partial charge is 0.229 e. The summed E-state index contributed by atoms with van der Waals surface area (Å²) < 4.78 is 42.2. The average molecular weight is 857 g/mol. The topological polar surface area (TPSA) is 143 Å². The molecule has 0 saturated carbocycles. The summed E-state index contributed by atoms with van der Waals surface area (Å²) in [4.78, 5) is 58.8. The van der Waals surface area contributed by atoms with E-state index in [1.165, 1.54) is 19.2 Å². The number of imide groups is 1. The van der Waals surface area contributed by atoms with Crippen molar-refractivity contribution in [1.29, 1.82) is 0 Å². The molecule has 2 amide bonds. The number of allylic oxidation sites excluding steroid dienone is 2. The summed E-state index contributed by atoms with van der Waals surface area (Å²) in [7, 11) is 0. The maximum absolute atomic E-state index is 15.1. The molecule has 6 rings (SSSR count). The Bertz CT molecular complexity index is 2090. The monoisotopic (exact) mass is 856 g/mol. The van der Waals surface area contributed by atoms with Gasteiger partial charge in [-0.15, -0.1) is 0 Å². The SMILES string of the molecule is CC/C=C(/C=C(/F)c1ncccc1C)Nc1cc(N2CC(OC3CCN(CCCCCOc4ccc(C(=O)C(C)C)c(C(C)=O)c4)CC3)C2)ncc1F.CC1CCC(=O)NC1=O. The number of aryl methyl sites for hydroxylation is 1. The number of ketones is 2. The summed E-state index contributed by atoms with van der Waals surface area (Å²) in [6.45, 7) is 15.7. The molecule has 62 heavy (non-hydrogen) atoms. The van der Waals surface area contributed by atoms with Crippen LogP contribution in [0.4, 0.5) is 20.3 Å². The molecule has 3 aliphatic rings. The minimum absolute atomic E-state index is 0.0164. The van der Waals surface area contributed by atoms with Crippen LogP contribution in [0.1, 0.15) is 118 Å². The fourth-order valence-electron chi connectivity index (χ4n) is 7.45. The first kappa shape index (κ1) is 47.7. The van der Waals surface area contributed by atoms with E-state index in [0.717, 1.165) is 57.3 Å². The summed E-state index contributed by atoms with van der Waals surface area (Å²) in [5.74, 6) is -0.345. The van der Waals surface area contributed by atoms with Gasteiger partial charge in [-0.05, 0) is 101 Å². The number of hydrogen-bond acceptors (Lipinski definition) is 11. The Balaban J connectivity index is 0.000000715. The lowest BCUT2D eigenvalue weighted by Gasteiger charge is -2.43. The molecule has 0 radical (unpaired) electrons. The maximum atomic E-state index is 15.1. The number of benzene rings is 1. The zero-order valence-electron chi connectivity index (χ0n) is 37.0. The van der Waals surface area contributed by atoms with Crippen LogP contribution < -0.4 is 20.3 Å². The van der Waals surface area contributed by atoms with Crippen LogP contribution in [0.15, 0.2) is 66.6 Å². The second-order valence-electron chi connectivity index (χ2n) is 16.6. The lowest BCUT2D eigenvalue weighted by molar-refractivity contribution is -0.135. The third kappa shape index (κ3) is 13.8. The highest BCUT2D eigenvalue weighted by atomic mass is 19.1. The van der Waals surface area contributed by atoms with E-state index in [1.807, 2.05) is 27.7 Å². The van der Waals surface area contributed by atoms with E-state index < -0.39 is 11.6 Å². The predicted molar refractivity (Wildman–Crippen MR) is 237 cm³/mol. The third-order valence-electron chi connectivity index (χ3n) is 11.2. The van der Waals surface area contributed by atoms with Gasteiger partial charge in [0.05, 0.1) is 30.7 Å². The minimum atomic E-state index is -0.515. The summed E-state index contributed by atoms with van der Waals surface area (Å²) in [5.41, 5.74) is 2.54. The number of hydrogen-bond donors (Lipinski definition) is 2. The van der Waals surface area contributed by atoms with Crippen molar-refractivity contribution < 1.29 is 37.4 Å². The number of likely N-dealkylation sites (tertiary alicyclic amines) is 1. The number of anilines is 2. The average Bonchev–Trinajstić information content (AvgIpc) is 3.23. The fourth-order valence-corrected chi connectivity index (χ4v) is 7.45. The Labute approximate surface area is 364 Å². The molecule has 0 aliphatic carbocycles. The number of piperidine rings is 2. The predicted octanol–water partition coefficient (Wildman–Crippen LogP) is 8.66. The Morgan fingerprint density at radius 1 is 1.02 bits per heavy atom. The highest BCUT2D eigenvalue weighted by molar-refractivity contribution is 6.09. The van der Waals surface area contributed by atoms with E-state index in [0.29, 0.717) is 67.4 Å². The van der Waals surface area contributed by atoms with Crippen molar-refractivity contribution in [2.45, 2.75) is 105 Å². The quantitative estimate of drug-likeness (QED) is 0.0549. The highest BCUT2D eigenvalue weighted by Crippen LogP contribution is 2.29. The lowest BCUT2D eigenvalue weighted by atomic mass is 9.94. The molecule has 1 atom stereocenters. The molecule has 3 saturated heterocycles. The second-order valence-corrected chi connectivity index (χ2v) is 16.6. The Morgan fingerprint density at radius 3 is 2.44 bits per heavy atom. The molecule has 0 spiro atoms. The molecule has 3 fully saturated rings. The Kier molecular flexibility index (Phi) is 17.9. The number of Topliss-reactive ketones (excluding diaryl/α,β-unsaturated/α-hetero) is 2. The molecular weight excluding hydrogens is 795 g/mol. The number of nitrogens with zero attached hydrogens (tertiary/aromatic N) is 4. The van der Waals surface area contributed by atoms with E-state index in [-0.39, 0.29) is 58.8 Å². The number of pyridine rings is 2. The van der Waals surface area contributed by atoms with Gasteiger partial charge in [0.2, 0.25) is 11.8 Å². The number of aromatic nitrogens is 2. The molecule has 0 bridgehead atoms. The van der Waals surface area contributed by atoms with Crippen LogP contribution in [-0.4, -0.2) is 89.8 Å². The van der Waals surface area contributed by atoms with Gasteiger partial charge in [0, 0.05) is 73.5 Å². The fraction of sp³-hybridized carbons (Fsp3) is 0.500. The normalized spacial score (nSPS) is 17.9. The Morgan fingerprint density at radius 2 is 1.77 bits per heavy atom. The number of carbonyl (C=O) groups excluding carboxylic acids is 4. The molecule has 5 heterocycles. The van der Waals surface area contributed by atoms with E-state index in [1.54, 1.807) is 55.6 Å². The van der Waals surface area contributed by atoms with Crippen molar-refractivity contribution in [3.05, 3.63) is 94.8 Å². The van der Waals surface area contributed by atoms with Gasteiger partial charge in [0.25, 0.3) is 0 Å². The van der Waals surface area contributed by atoms with E-state index in [2.05, 4.69) is 30.4 Å². The molecule has 3 aliphatic heterocycles. The van der Waals surface area contributed by atoms with Crippen LogP contribution in [0, 0.1) is 24.6 Å². The van der Waals surface area contributed by atoms with Crippen LogP contribution in [0.2, 0.25) is 0 Å². The number of nitrogens with one attached hydrogen (secondary N) is 2. The van der Waals surface area contributed by atoms with Crippen LogP contribution in [-0.2, 0) is 14.3 Å². The molecular formula is C48H62F2N6O6. The number of carbonyl (C=O) groups is 4. The number of amides is 2. The van der Waals surface area contributed by atoms with Crippen LogP contribution in [0.5, 0.6) is 5.75 Å². The molecule has 2 aromatic heterocycles. The Hall–Kier alpha value is -5.34. The van der Waals surface area contributed by atoms with E-state index in [4.69, 9.17) is 9.47 Å². The minimum Gasteiger partial charge on any atom is -0.494 e. The summed E-state index contributed by atoms with van der Waals surface area (Å²) in [6, 6.07) is 10.4. The summed E-state index contributed by atoms with van der Waals surface area (Å²) >= 11 is 0. The highest BCUT2D eigenvalue weighted by Gasteiger charge is 2.32. The molecule has 334 valence electrons. The van der Waals surface area contributed by atoms with Gasteiger partial charge in [-0.3, -0.25) is 29.5 Å². The summed E-state index contributed by atoms with van der Waals surface area (Å²) in [5, 5.41) is 5.30. The first-order valence-corrected chi connectivity index (χ1v) is 21.9.